The molecular weight excluding hydrogens is 316 g/mol. The largest absolute Gasteiger partial charge is 0.497 e. The van der Waals surface area contributed by atoms with Gasteiger partial charge in [-0.25, -0.2) is 0 Å². The first kappa shape index (κ1) is 17.5. The van der Waals surface area contributed by atoms with Crippen molar-refractivity contribution in [2.75, 3.05) is 13.7 Å². The summed E-state index contributed by atoms with van der Waals surface area (Å²) >= 11 is 0. The van der Waals surface area contributed by atoms with Gasteiger partial charge in [0.05, 0.1) is 13.2 Å². The Morgan fingerprint density at radius 3 is 2.68 bits per heavy atom. The molecule has 1 amide bonds. The molecule has 0 radical (unpaired) electrons. The first-order valence-electron chi connectivity index (χ1n) is 9.01. The van der Waals surface area contributed by atoms with Crippen molar-refractivity contribution in [2.45, 2.75) is 45.6 Å². The Kier molecular flexibility index (Phi) is 5.41. The number of hydrogen-bond acceptors (Lipinski definition) is 4. The second-order valence-corrected chi connectivity index (χ2v) is 6.90. The number of nitrogens with zero attached hydrogens (tertiary/aromatic N) is 2. The fourth-order valence-electron chi connectivity index (χ4n) is 3.35. The molecule has 0 N–H and O–H groups in total. The molecule has 5 heteroatoms. The highest BCUT2D eigenvalue weighted by Crippen LogP contribution is 2.33. The molecule has 0 unspecified atom stereocenters. The SMILES string of the molecule is COc1ccc(-c2cc([C@H]3CCCCCN3C(=O)C(C)C)no2)cc1. The molecule has 1 saturated heterocycles. The van der Waals surface area contributed by atoms with Gasteiger partial charge in [0, 0.05) is 24.1 Å². The van der Waals surface area contributed by atoms with Crippen LogP contribution in [0.5, 0.6) is 5.75 Å². The third-order valence-electron chi connectivity index (χ3n) is 4.77. The third kappa shape index (κ3) is 3.86. The lowest BCUT2D eigenvalue weighted by atomic mass is 10.0. The summed E-state index contributed by atoms with van der Waals surface area (Å²) in [6.45, 7) is 4.71. The Labute approximate surface area is 148 Å². The molecule has 0 saturated carbocycles. The predicted molar refractivity (Wildman–Crippen MR) is 96.3 cm³/mol. The molecule has 3 rings (SSSR count). The van der Waals surface area contributed by atoms with Crippen LogP contribution in [0.15, 0.2) is 34.9 Å². The first-order valence-corrected chi connectivity index (χ1v) is 9.01. The Hall–Kier alpha value is -2.30. The zero-order valence-electron chi connectivity index (χ0n) is 15.2. The van der Waals surface area contributed by atoms with Gasteiger partial charge in [0.15, 0.2) is 5.76 Å². The lowest BCUT2D eigenvalue weighted by Crippen LogP contribution is -2.37. The molecule has 0 bridgehead atoms. The predicted octanol–water partition coefficient (Wildman–Crippen LogP) is 4.45. The van der Waals surface area contributed by atoms with Crippen LogP contribution >= 0.6 is 0 Å². The topological polar surface area (TPSA) is 55.6 Å². The summed E-state index contributed by atoms with van der Waals surface area (Å²) < 4.78 is 10.8. The van der Waals surface area contributed by atoms with Crippen LogP contribution < -0.4 is 4.74 Å². The van der Waals surface area contributed by atoms with E-state index in [1.807, 2.05) is 49.1 Å². The molecule has 1 aromatic carbocycles. The second kappa shape index (κ2) is 7.72. The van der Waals surface area contributed by atoms with Gasteiger partial charge >= 0.3 is 0 Å². The standard InChI is InChI=1S/C20H26N2O3/c1-14(2)20(23)22-12-6-4-5-7-18(22)17-13-19(25-21-17)15-8-10-16(24-3)11-9-15/h8-11,13-14,18H,4-7,12H2,1-3H3/t18-/m1/s1. The number of carbonyl (C=O) groups is 1. The molecule has 25 heavy (non-hydrogen) atoms. The van der Waals surface area contributed by atoms with Gasteiger partial charge in [0.25, 0.3) is 0 Å². The summed E-state index contributed by atoms with van der Waals surface area (Å²) in [5.74, 6) is 1.72. The zero-order valence-corrected chi connectivity index (χ0v) is 15.2. The van der Waals surface area contributed by atoms with Crippen LogP contribution in [0.3, 0.4) is 0 Å². The van der Waals surface area contributed by atoms with Crippen molar-refractivity contribution in [2.24, 2.45) is 5.92 Å². The van der Waals surface area contributed by atoms with Crippen LogP contribution in [0, 0.1) is 5.92 Å². The lowest BCUT2D eigenvalue weighted by molar-refractivity contribution is -0.137. The van der Waals surface area contributed by atoms with E-state index in [9.17, 15) is 4.79 Å². The van der Waals surface area contributed by atoms with Crippen LogP contribution in [0.25, 0.3) is 11.3 Å². The second-order valence-electron chi connectivity index (χ2n) is 6.90. The summed E-state index contributed by atoms with van der Waals surface area (Å²) in [5, 5.41) is 4.29. The molecule has 1 aromatic heterocycles. The normalized spacial score (nSPS) is 18.2. The van der Waals surface area contributed by atoms with Gasteiger partial charge in [0.2, 0.25) is 5.91 Å². The molecule has 1 atom stereocenters. The van der Waals surface area contributed by atoms with Gasteiger partial charge in [-0.3, -0.25) is 4.79 Å². The van der Waals surface area contributed by atoms with Crippen molar-refractivity contribution < 1.29 is 14.1 Å². The van der Waals surface area contributed by atoms with E-state index in [1.54, 1.807) is 7.11 Å². The number of hydrogen-bond donors (Lipinski definition) is 0. The van der Waals surface area contributed by atoms with Gasteiger partial charge in [-0.15, -0.1) is 0 Å². The van der Waals surface area contributed by atoms with Gasteiger partial charge in [-0.05, 0) is 37.1 Å². The quantitative estimate of drug-likeness (QED) is 0.824. The maximum Gasteiger partial charge on any atom is 0.225 e. The molecule has 0 spiro atoms. The van der Waals surface area contributed by atoms with Gasteiger partial charge < -0.3 is 14.2 Å². The number of ether oxygens (including phenoxy) is 1. The van der Waals surface area contributed by atoms with E-state index in [0.29, 0.717) is 0 Å². The number of benzene rings is 1. The van der Waals surface area contributed by atoms with Crippen LogP contribution in [-0.2, 0) is 4.79 Å². The van der Waals surface area contributed by atoms with Crippen LogP contribution in [0.1, 0.15) is 51.3 Å². The number of rotatable bonds is 4. The third-order valence-corrected chi connectivity index (χ3v) is 4.77. The van der Waals surface area contributed by atoms with Gasteiger partial charge in [-0.1, -0.05) is 31.8 Å². The minimum absolute atomic E-state index is 0.00596. The number of methoxy groups -OCH3 is 1. The molecule has 1 aliphatic heterocycles. The average Bonchev–Trinajstić information content (AvgIpc) is 2.99. The molecule has 134 valence electrons. The van der Waals surface area contributed by atoms with Crippen LogP contribution in [0.4, 0.5) is 0 Å². The van der Waals surface area contributed by atoms with Crippen molar-refractivity contribution in [1.29, 1.82) is 0 Å². The molecule has 1 fully saturated rings. The fourth-order valence-corrected chi connectivity index (χ4v) is 3.35. The van der Waals surface area contributed by atoms with E-state index in [2.05, 4.69) is 5.16 Å². The summed E-state index contributed by atoms with van der Waals surface area (Å²) in [5.41, 5.74) is 1.80. The Balaban J connectivity index is 1.86. The molecule has 2 aromatic rings. The van der Waals surface area contributed by atoms with Crippen molar-refractivity contribution in [3.8, 4) is 17.1 Å². The van der Waals surface area contributed by atoms with Gasteiger partial charge in [-0.2, -0.15) is 0 Å². The minimum atomic E-state index is -0.00596. The Morgan fingerprint density at radius 1 is 1.24 bits per heavy atom. The summed E-state index contributed by atoms with van der Waals surface area (Å²) in [6, 6.07) is 9.68. The minimum Gasteiger partial charge on any atom is -0.497 e. The average molecular weight is 342 g/mol. The molecule has 1 aliphatic rings. The van der Waals surface area contributed by atoms with Crippen molar-refractivity contribution in [1.82, 2.24) is 10.1 Å². The van der Waals surface area contributed by atoms with E-state index < -0.39 is 0 Å². The monoisotopic (exact) mass is 342 g/mol. The van der Waals surface area contributed by atoms with E-state index in [-0.39, 0.29) is 17.9 Å². The Morgan fingerprint density at radius 2 is 2.00 bits per heavy atom. The highest BCUT2D eigenvalue weighted by molar-refractivity contribution is 5.78. The van der Waals surface area contributed by atoms with E-state index in [4.69, 9.17) is 9.26 Å². The number of likely N-dealkylation sites (tertiary alicyclic amines) is 1. The maximum atomic E-state index is 12.6. The molecule has 2 heterocycles. The molecule has 0 aliphatic carbocycles. The fraction of sp³-hybridized carbons (Fsp3) is 0.500. The van der Waals surface area contributed by atoms with E-state index in [0.717, 1.165) is 55.0 Å². The number of aromatic nitrogens is 1. The lowest BCUT2D eigenvalue weighted by Gasteiger charge is -2.30. The Bertz CT molecular complexity index is 706. The van der Waals surface area contributed by atoms with Crippen LogP contribution in [-0.4, -0.2) is 29.6 Å². The first-order chi connectivity index (χ1) is 12.1. The summed E-state index contributed by atoms with van der Waals surface area (Å²) in [4.78, 5) is 14.6. The summed E-state index contributed by atoms with van der Waals surface area (Å²) in [6.07, 6.45) is 4.25. The molecule has 5 nitrogen and oxygen atoms in total. The number of carbonyl (C=O) groups excluding carboxylic acids is 1. The number of amides is 1. The highest BCUT2D eigenvalue weighted by Gasteiger charge is 2.30. The van der Waals surface area contributed by atoms with Crippen molar-refractivity contribution in [3.05, 3.63) is 36.0 Å². The molecular formula is C20H26N2O3. The zero-order chi connectivity index (χ0) is 17.8. The van der Waals surface area contributed by atoms with Crippen molar-refractivity contribution in [3.63, 3.8) is 0 Å². The highest BCUT2D eigenvalue weighted by atomic mass is 16.5. The van der Waals surface area contributed by atoms with E-state index in [1.165, 1.54) is 0 Å². The van der Waals surface area contributed by atoms with E-state index >= 15 is 0 Å². The van der Waals surface area contributed by atoms with Crippen LogP contribution in [0.2, 0.25) is 0 Å². The summed E-state index contributed by atoms with van der Waals surface area (Å²) in [7, 11) is 1.65. The smallest absolute Gasteiger partial charge is 0.225 e. The van der Waals surface area contributed by atoms with Crippen molar-refractivity contribution >= 4 is 5.91 Å². The maximum absolute atomic E-state index is 12.6. The van der Waals surface area contributed by atoms with Gasteiger partial charge in [0.1, 0.15) is 11.4 Å².